The van der Waals surface area contributed by atoms with Crippen molar-refractivity contribution >= 4 is 28.7 Å². The molecule has 2 amide bonds. The molecule has 0 aliphatic rings. The summed E-state index contributed by atoms with van der Waals surface area (Å²) in [5.74, 6) is -1.14. The van der Waals surface area contributed by atoms with Crippen LogP contribution in [-0.4, -0.2) is 32.6 Å². The number of fused-ring (bicyclic) bond motifs is 1. The summed E-state index contributed by atoms with van der Waals surface area (Å²) in [5, 5.41) is 0.828. The van der Waals surface area contributed by atoms with E-state index in [9.17, 15) is 14.0 Å². The number of nitrogens with two attached hydrogens (primary N) is 1. The van der Waals surface area contributed by atoms with Crippen LogP contribution in [0, 0.1) is 12.7 Å². The number of hydrogen-bond donors (Lipinski definition) is 3. The molecule has 4 rings (SSSR count). The summed E-state index contributed by atoms with van der Waals surface area (Å²) < 4.78 is 18.7. The third-order valence-corrected chi connectivity index (χ3v) is 5.24. The molecule has 0 aliphatic heterocycles. The van der Waals surface area contributed by atoms with Crippen LogP contribution < -0.4 is 16.6 Å². The van der Waals surface area contributed by atoms with Crippen molar-refractivity contribution in [2.75, 3.05) is 5.73 Å². The van der Waals surface area contributed by atoms with E-state index in [1.165, 1.54) is 18.5 Å². The van der Waals surface area contributed by atoms with Crippen LogP contribution in [0.4, 0.5) is 15.0 Å². The van der Waals surface area contributed by atoms with Gasteiger partial charge < -0.3 is 10.5 Å². The molecular weight excluding hydrogens is 463 g/mol. The van der Waals surface area contributed by atoms with Gasteiger partial charge in [0.1, 0.15) is 23.6 Å². The average molecular weight is 489 g/mol. The monoisotopic (exact) mass is 488 g/mol. The second-order valence-corrected chi connectivity index (χ2v) is 9.10. The number of amides is 2. The summed E-state index contributed by atoms with van der Waals surface area (Å²) in [4.78, 5) is 37.9. The molecule has 0 bridgehead atoms. The second kappa shape index (κ2) is 9.57. The van der Waals surface area contributed by atoms with Crippen molar-refractivity contribution in [3.05, 3.63) is 71.9 Å². The van der Waals surface area contributed by atoms with Gasteiger partial charge in [0.15, 0.2) is 0 Å². The fraction of sp³-hybridized carbons (Fsp3) is 0.192. The van der Waals surface area contributed by atoms with Gasteiger partial charge in [-0.2, -0.15) is 0 Å². The highest BCUT2D eigenvalue weighted by molar-refractivity contribution is 6.02. The van der Waals surface area contributed by atoms with E-state index < -0.39 is 23.4 Å². The van der Waals surface area contributed by atoms with Crippen LogP contribution in [0.5, 0.6) is 0 Å². The Hall–Kier alpha value is -4.60. The van der Waals surface area contributed by atoms with Crippen LogP contribution in [0.1, 0.15) is 36.8 Å². The summed E-state index contributed by atoms with van der Waals surface area (Å²) in [7, 11) is 0. The molecule has 184 valence electrons. The van der Waals surface area contributed by atoms with Crippen molar-refractivity contribution in [1.82, 2.24) is 25.8 Å². The van der Waals surface area contributed by atoms with Gasteiger partial charge in [-0.1, -0.05) is 6.07 Å². The molecule has 0 unspecified atom stereocenters. The molecule has 2 aromatic heterocycles. The number of ether oxygens (including phenoxy) is 1. The molecule has 0 saturated heterocycles. The number of nitrogens with zero attached hydrogens (tertiary/aromatic N) is 3. The molecule has 0 aliphatic carbocycles. The Kier molecular flexibility index (Phi) is 6.52. The van der Waals surface area contributed by atoms with Crippen molar-refractivity contribution in [2.24, 2.45) is 0 Å². The first kappa shape index (κ1) is 24.5. The van der Waals surface area contributed by atoms with Gasteiger partial charge in [-0.05, 0) is 75.7 Å². The Morgan fingerprint density at radius 3 is 2.36 bits per heavy atom. The standard InChI is InChI=1S/C26H25FN6O3/c1-14-18-11-16(7-10-21(18)30-13-29-14)19-12-20(24(34)32-33-25(35)36-26(2,3)4)23(28)31-22(19)15-5-8-17(27)9-6-15/h5-13H,1-4H3,(H2,28,31)(H,32,34)(H,33,35). The third-order valence-electron chi connectivity index (χ3n) is 5.24. The summed E-state index contributed by atoms with van der Waals surface area (Å²) in [6.07, 6.45) is 0.669. The van der Waals surface area contributed by atoms with E-state index in [0.717, 1.165) is 22.2 Å². The molecule has 2 heterocycles. The summed E-state index contributed by atoms with van der Waals surface area (Å²) >= 11 is 0. The highest BCUT2D eigenvalue weighted by Gasteiger charge is 2.21. The van der Waals surface area contributed by atoms with Crippen molar-refractivity contribution in [2.45, 2.75) is 33.3 Å². The third kappa shape index (κ3) is 5.38. The molecule has 9 nitrogen and oxygen atoms in total. The predicted molar refractivity (Wildman–Crippen MR) is 134 cm³/mol. The maximum absolute atomic E-state index is 13.6. The molecule has 0 saturated carbocycles. The molecular formula is C26H25FN6O3. The second-order valence-electron chi connectivity index (χ2n) is 9.10. The van der Waals surface area contributed by atoms with E-state index >= 15 is 0 Å². The summed E-state index contributed by atoms with van der Waals surface area (Å²) in [6.45, 7) is 6.98. The lowest BCUT2D eigenvalue weighted by Gasteiger charge is -2.20. The number of hydrogen-bond acceptors (Lipinski definition) is 7. The van der Waals surface area contributed by atoms with Gasteiger partial charge in [0, 0.05) is 22.2 Å². The number of halogens is 1. The minimum atomic E-state index is -0.824. The zero-order valence-corrected chi connectivity index (χ0v) is 20.2. The average Bonchev–Trinajstić information content (AvgIpc) is 2.82. The van der Waals surface area contributed by atoms with Crippen LogP contribution in [0.2, 0.25) is 0 Å². The minimum Gasteiger partial charge on any atom is -0.443 e. The molecule has 2 aromatic carbocycles. The molecule has 0 fully saturated rings. The summed E-state index contributed by atoms with van der Waals surface area (Å²) in [5.41, 5.74) is 13.9. The first-order valence-electron chi connectivity index (χ1n) is 11.1. The quantitative estimate of drug-likeness (QED) is 0.360. The number of benzene rings is 2. The minimum absolute atomic E-state index is 0.0352. The first-order valence-corrected chi connectivity index (χ1v) is 11.1. The Morgan fingerprint density at radius 1 is 0.972 bits per heavy atom. The molecule has 0 radical (unpaired) electrons. The first-order chi connectivity index (χ1) is 17.0. The molecule has 0 atom stereocenters. The predicted octanol–water partition coefficient (Wildman–Crippen LogP) is 4.56. The van der Waals surface area contributed by atoms with Crippen LogP contribution in [0.15, 0.2) is 54.9 Å². The Morgan fingerprint density at radius 2 is 1.67 bits per heavy atom. The Labute approximate surface area is 206 Å². The lowest BCUT2D eigenvalue weighted by atomic mass is 9.96. The number of anilines is 1. The van der Waals surface area contributed by atoms with Gasteiger partial charge in [0.25, 0.3) is 5.91 Å². The van der Waals surface area contributed by atoms with E-state index in [2.05, 4.69) is 25.8 Å². The fourth-order valence-corrected chi connectivity index (χ4v) is 3.59. The van der Waals surface area contributed by atoms with Crippen LogP contribution in [0.25, 0.3) is 33.3 Å². The maximum Gasteiger partial charge on any atom is 0.426 e. The van der Waals surface area contributed by atoms with Gasteiger partial charge in [-0.3, -0.25) is 10.2 Å². The van der Waals surface area contributed by atoms with Crippen LogP contribution >= 0.6 is 0 Å². The highest BCUT2D eigenvalue weighted by Crippen LogP contribution is 2.35. The molecule has 36 heavy (non-hydrogen) atoms. The molecule has 10 heteroatoms. The number of pyridine rings is 1. The van der Waals surface area contributed by atoms with E-state index in [1.54, 1.807) is 39.0 Å². The molecule has 0 spiro atoms. The van der Waals surface area contributed by atoms with E-state index in [1.807, 2.05) is 25.1 Å². The van der Waals surface area contributed by atoms with Crippen molar-refractivity contribution in [1.29, 1.82) is 0 Å². The maximum atomic E-state index is 13.6. The van der Waals surface area contributed by atoms with Gasteiger partial charge in [0.2, 0.25) is 0 Å². The van der Waals surface area contributed by atoms with Gasteiger partial charge in [-0.25, -0.2) is 29.6 Å². The number of nitrogen functional groups attached to an aromatic ring is 1. The number of carbonyl (C=O) groups is 2. The number of aromatic nitrogens is 3. The number of rotatable bonds is 3. The number of nitrogens with one attached hydrogen (secondary N) is 2. The largest absolute Gasteiger partial charge is 0.443 e. The fourth-order valence-electron chi connectivity index (χ4n) is 3.59. The number of carbonyl (C=O) groups excluding carboxylic acids is 2. The zero-order valence-electron chi connectivity index (χ0n) is 20.2. The summed E-state index contributed by atoms with van der Waals surface area (Å²) in [6, 6.07) is 13.0. The zero-order chi connectivity index (χ0) is 26.0. The Bertz CT molecular complexity index is 1470. The van der Waals surface area contributed by atoms with Gasteiger partial charge in [-0.15, -0.1) is 0 Å². The number of hydrazine groups is 1. The van der Waals surface area contributed by atoms with Gasteiger partial charge >= 0.3 is 6.09 Å². The topological polar surface area (TPSA) is 132 Å². The van der Waals surface area contributed by atoms with E-state index in [0.29, 0.717) is 16.8 Å². The SMILES string of the molecule is Cc1ncnc2ccc(-c3cc(C(=O)NNC(=O)OC(C)(C)C)c(N)nc3-c3ccc(F)cc3)cc12. The molecule has 4 aromatic rings. The number of aryl methyl sites for hydroxylation is 1. The Balaban J connectivity index is 1.78. The van der Waals surface area contributed by atoms with Crippen LogP contribution in [0.3, 0.4) is 0 Å². The smallest absolute Gasteiger partial charge is 0.426 e. The van der Waals surface area contributed by atoms with Crippen LogP contribution in [-0.2, 0) is 4.74 Å². The van der Waals surface area contributed by atoms with Gasteiger partial charge in [0.05, 0.1) is 16.8 Å². The van der Waals surface area contributed by atoms with Crippen molar-refractivity contribution in [3.63, 3.8) is 0 Å². The van der Waals surface area contributed by atoms with E-state index in [-0.39, 0.29) is 11.4 Å². The lowest BCUT2D eigenvalue weighted by Crippen LogP contribution is -2.44. The van der Waals surface area contributed by atoms with Crippen molar-refractivity contribution < 1.29 is 18.7 Å². The highest BCUT2D eigenvalue weighted by atomic mass is 19.1. The normalized spacial score (nSPS) is 11.2. The molecule has 4 N–H and O–H groups in total. The van der Waals surface area contributed by atoms with Crippen molar-refractivity contribution in [3.8, 4) is 22.4 Å². The van der Waals surface area contributed by atoms with E-state index in [4.69, 9.17) is 10.5 Å². The lowest BCUT2D eigenvalue weighted by molar-refractivity contribution is 0.0483.